The number of benzene rings is 1. The highest BCUT2D eigenvalue weighted by atomic mass is 32.1. The minimum absolute atomic E-state index is 0.0272. The molecule has 0 bridgehead atoms. The molecule has 3 rings (SSSR count). The van der Waals surface area contributed by atoms with E-state index in [2.05, 4.69) is 29.4 Å². The Labute approximate surface area is 150 Å². The fraction of sp³-hybridized carbons (Fsp3) is 0.211. The first-order valence-corrected chi connectivity index (χ1v) is 8.95. The lowest BCUT2D eigenvalue weighted by molar-refractivity contribution is -0.116. The normalized spacial score (nSPS) is 10.6. The van der Waals surface area contributed by atoms with Gasteiger partial charge in [-0.25, -0.2) is 4.98 Å². The molecule has 0 fully saturated rings. The van der Waals surface area contributed by atoms with Crippen LogP contribution < -0.4 is 10.9 Å². The standard InChI is InChI=1S/C19H19N3O2S/c1-3-14-6-8-15(9-7-14)16-12-25-19(20-16)21-17(23)11-22-10-4-5-13(2)18(22)24/h4-10,12H,3,11H2,1-2H3,(H,20,21,23). The summed E-state index contributed by atoms with van der Waals surface area (Å²) < 4.78 is 1.39. The Morgan fingerprint density at radius 3 is 2.72 bits per heavy atom. The zero-order valence-corrected chi connectivity index (χ0v) is 15.0. The van der Waals surface area contributed by atoms with Crippen molar-refractivity contribution < 1.29 is 4.79 Å². The number of anilines is 1. The van der Waals surface area contributed by atoms with E-state index in [4.69, 9.17) is 0 Å². The number of rotatable bonds is 5. The molecule has 0 atom stereocenters. The van der Waals surface area contributed by atoms with E-state index >= 15 is 0 Å². The Morgan fingerprint density at radius 1 is 1.24 bits per heavy atom. The van der Waals surface area contributed by atoms with Gasteiger partial charge in [-0.1, -0.05) is 37.3 Å². The zero-order chi connectivity index (χ0) is 17.8. The van der Waals surface area contributed by atoms with Gasteiger partial charge in [-0.2, -0.15) is 0 Å². The number of carbonyl (C=O) groups excluding carboxylic acids is 1. The molecule has 1 amide bonds. The Balaban J connectivity index is 1.69. The lowest BCUT2D eigenvalue weighted by atomic mass is 10.1. The molecule has 0 unspecified atom stereocenters. The molecule has 6 heteroatoms. The van der Waals surface area contributed by atoms with Crippen LogP contribution >= 0.6 is 11.3 Å². The van der Waals surface area contributed by atoms with Crippen LogP contribution in [0.2, 0.25) is 0 Å². The maximum absolute atomic E-state index is 12.2. The number of aromatic nitrogens is 2. The Bertz CT molecular complexity index is 942. The van der Waals surface area contributed by atoms with Crippen LogP contribution in [0.4, 0.5) is 5.13 Å². The van der Waals surface area contributed by atoms with Gasteiger partial charge in [0, 0.05) is 22.7 Å². The predicted molar refractivity (Wildman–Crippen MR) is 101 cm³/mol. The molecule has 3 aromatic rings. The van der Waals surface area contributed by atoms with Gasteiger partial charge in [-0.05, 0) is 25.0 Å². The number of aryl methyl sites for hydroxylation is 2. The molecule has 128 valence electrons. The van der Waals surface area contributed by atoms with Crippen LogP contribution in [0.25, 0.3) is 11.3 Å². The smallest absolute Gasteiger partial charge is 0.253 e. The zero-order valence-electron chi connectivity index (χ0n) is 14.2. The van der Waals surface area contributed by atoms with Crippen molar-refractivity contribution >= 4 is 22.4 Å². The number of hydrogen-bond acceptors (Lipinski definition) is 4. The summed E-state index contributed by atoms with van der Waals surface area (Å²) in [6.07, 6.45) is 2.61. The van der Waals surface area contributed by atoms with Crippen molar-refractivity contribution in [2.24, 2.45) is 0 Å². The Kier molecular flexibility index (Phi) is 5.09. The van der Waals surface area contributed by atoms with Gasteiger partial charge in [0.15, 0.2) is 5.13 Å². The summed E-state index contributed by atoms with van der Waals surface area (Å²) in [6, 6.07) is 11.7. The van der Waals surface area contributed by atoms with Crippen molar-refractivity contribution in [1.82, 2.24) is 9.55 Å². The van der Waals surface area contributed by atoms with Crippen LogP contribution in [0.3, 0.4) is 0 Å². The minimum atomic E-state index is -0.269. The van der Waals surface area contributed by atoms with Crippen LogP contribution in [-0.4, -0.2) is 15.5 Å². The molecule has 2 heterocycles. The summed E-state index contributed by atoms with van der Waals surface area (Å²) in [5.74, 6) is -0.269. The molecule has 0 spiro atoms. The maximum Gasteiger partial charge on any atom is 0.253 e. The van der Waals surface area contributed by atoms with E-state index in [-0.39, 0.29) is 18.0 Å². The summed E-state index contributed by atoms with van der Waals surface area (Å²) in [6.45, 7) is 3.82. The fourth-order valence-corrected chi connectivity index (χ4v) is 3.21. The summed E-state index contributed by atoms with van der Waals surface area (Å²) in [5.41, 5.74) is 3.58. The number of nitrogens with one attached hydrogen (secondary N) is 1. The van der Waals surface area contributed by atoms with E-state index < -0.39 is 0 Å². The molecule has 1 aromatic carbocycles. The van der Waals surface area contributed by atoms with Crippen LogP contribution in [0.15, 0.2) is 52.8 Å². The molecule has 0 radical (unpaired) electrons. The number of nitrogens with zero attached hydrogens (tertiary/aromatic N) is 2. The largest absolute Gasteiger partial charge is 0.306 e. The first-order chi connectivity index (χ1) is 12.1. The first kappa shape index (κ1) is 17.1. The molecule has 0 aliphatic heterocycles. The Morgan fingerprint density at radius 2 is 2.00 bits per heavy atom. The number of pyridine rings is 1. The SMILES string of the molecule is CCc1ccc(-c2csc(NC(=O)Cn3cccc(C)c3=O)n2)cc1. The van der Waals surface area contributed by atoms with Gasteiger partial charge in [-0.15, -0.1) is 11.3 Å². The van der Waals surface area contributed by atoms with Gasteiger partial charge in [0.2, 0.25) is 5.91 Å². The summed E-state index contributed by atoms with van der Waals surface area (Å²) in [7, 11) is 0. The molecule has 25 heavy (non-hydrogen) atoms. The van der Waals surface area contributed by atoms with Gasteiger partial charge >= 0.3 is 0 Å². The topological polar surface area (TPSA) is 64.0 Å². The van der Waals surface area contributed by atoms with Crippen LogP contribution in [0.1, 0.15) is 18.1 Å². The summed E-state index contributed by atoms with van der Waals surface area (Å²) >= 11 is 1.37. The van der Waals surface area contributed by atoms with Crippen molar-refractivity contribution in [3.8, 4) is 11.3 Å². The number of thiazole rings is 1. The highest BCUT2D eigenvalue weighted by Gasteiger charge is 2.10. The second kappa shape index (κ2) is 7.44. The van der Waals surface area contributed by atoms with Gasteiger partial charge in [-0.3, -0.25) is 9.59 Å². The van der Waals surface area contributed by atoms with E-state index in [0.717, 1.165) is 17.7 Å². The molecule has 5 nitrogen and oxygen atoms in total. The molecule has 0 saturated heterocycles. The molecule has 1 N–H and O–H groups in total. The number of hydrogen-bond donors (Lipinski definition) is 1. The molecular weight excluding hydrogens is 334 g/mol. The Hall–Kier alpha value is -2.73. The second-order valence-corrected chi connectivity index (χ2v) is 6.62. The van der Waals surface area contributed by atoms with Crippen molar-refractivity contribution in [3.63, 3.8) is 0 Å². The van der Waals surface area contributed by atoms with Crippen molar-refractivity contribution in [2.75, 3.05) is 5.32 Å². The van der Waals surface area contributed by atoms with E-state index in [1.807, 2.05) is 17.5 Å². The molecule has 2 aromatic heterocycles. The minimum Gasteiger partial charge on any atom is -0.306 e. The summed E-state index contributed by atoms with van der Waals surface area (Å²) in [4.78, 5) is 28.6. The average molecular weight is 353 g/mol. The second-order valence-electron chi connectivity index (χ2n) is 5.76. The average Bonchev–Trinajstić information content (AvgIpc) is 3.07. The van der Waals surface area contributed by atoms with Crippen LogP contribution in [-0.2, 0) is 17.8 Å². The van der Waals surface area contributed by atoms with Crippen molar-refractivity contribution in [2.45, 2.75) is 26.8 Å². The van der Waals surface area contributed by atoms with Crippen molar-refractivity contribution in [3.05, 3.63) is 69.5 Å². The maximum atomic E-state index is 12.2. The van der Waals surface area contributed by atoms with Crippen LogP contribution in [0.5, 0.6) is 0 Å². The van der Waals surface area contributed by atoms with Crippen molar-refractivity contribution in [1.29, 1.82) is 0 Å². The van der Waals surface area contributed by atoms with Gasteiger partial charge in [0.25, 0.3) is 5.56 Å². The monoisotopic (exact) mass is 353 g/mol. The van der Waals surface area contributed by atoms with E-state index in [1.54, 1.807) is 25.3 Å². The van der Waals surface area contributed by atoms with E-state index in [9.17, 15) is 9.59 Å². The first-order valence-electron chi connectivity index (χ1n) is 8.07. The lowest BCUT2D eigenvalue weighted by Crippen LogP contribution is -2.28. The highest BCUT2D eigenvalue weighted by Crippen LogP contribution is 2.25. The van der Waals surface area contributed by atoms with E-state index in [1.165, 1.54) is 21.5 Å². The predicted octanol–water partition coefficient (Wildman–Crippen LogP) is 3.48. The number of carbonyl (C=O) groups is 1. The highest BCUT2D eigenvalue weighted by molar-refractivity contribution is 7.14. The van der Waals surface area contributed by atoms with E-state index in [0.29, 0.717) is 10.7 Å². The van der Waals surface area contributed by atoms with Gasteiger partial charge in [0.1, 0.15) is 6.54 Å². The molecule has 0 saturated carbocycles. The fourth-order valence-electron chi connectivity index (χ4n) is 2.47. The molecular formula is C19H19N3O2S. The number of amides is 1. The van der Waals surface area contributed by atoms with Crippen LogP contribution in [0, 0.1) is 6.92 Å². The third kappa shape index (κ3) is 4.03. The third-order valence-corrected chi connectivity index (χ3v) is 4.69. The quantitative estimate of drug-likeness (QED) is 0.764. The molecule has 0 aliphatic rings. The van der Waals surface area contributed by atoms with Gasteiger partial charge < -0.3 is 9.88 Å². The summed E-state index contributed by atoms with van der Waals surface area (Å²) in [5, 5.41) is 5.20. The lowest BCUT2D eigenvalue weighted by Gasteiger charge is -2.06. The third-order valence-electron chi connectivity index (χ3n) is 3.93. The van der Waals surface area contributed by atoms with Gasteiger partial charge in [0.05, 0.1) is 5.69 Å². The molecule has 0 aliphatic carbocycles.